The Kier molecular flexibility index (Phi) is 8.56. The first-order chi connectivity index (χ1) is 9.77. The maximum Gasteiger partial charge on any atom is 0.240 e. The van der Waals surface area contributed by atoms with Crippen LogP contribution in [0.1, 0.15) is 32.2 Å². The summed E-state index contributed by atoms with van der Waals surface area (Å²) in [6.45, 7) is 11.8. The monoisotopic (exact) mass is 366 g/mol. The molecule has 0 aliphatic carbocycles. The van der Waals surface area contributed by atoms with Gasteiger partial charge in [-0.15, -0.1) is 24.8 Å². The summed E-state index contributed by atoms with van der Waals surface area (Å²) >= 11 is 0. The van der Waals surface area contributed by atoms with Gasteiger partial charge >= 0.3 is 0 Å². The molecule has 0 aromatic carbocycles. The van der Waals surface area contributed by atoms with Gasteiger partial charge in [0.2, 0.25) is 5.91 Å². The van der Waals surface area contributed by atoms with Gasteiger partial charge < -0.3 is 15.2 Å². The molecule has 1 atom stereocenters. The van der Waals surface area contributed by atoms with E-state index in [2.05, 4.69) is 10.1 Å². The Hall–Kier alpha value is -0.820. The van der Waals surface area contributed by atoms with E-state index in [1.54, 1.807) is 0 Å². The van der Waals surface area contributed by atoms with E-state index in [0.717, 1.165) is 44.2 Å². The molecule has 2 N–H and O–H groups in total. The lowest BCUT2D eigenvalue weighted by Crippen LogP contribution is -2.56. The van der Waals surface area contributed by atoms with Gasteiger partial charge in [-0.3, -0.25) is 9.69 Å². The number of carbonyl (C=O) groups excluding carboxylic acids is 1. The van der Waals surface area contributed by atoms with Crippen molar-refractivity contribution >= 4 is 30.7 Å². The van der Waals surface area contributed by atoms with E-state index in [0.29, 0.717) is 0 Å². The van der Waals surface area contributed by atoms with Crippen molar-refractivity contribution in [2.45, 2.75) is 40.3 Å². The van der Waals surface area contributed by atoms with Gasteiger partial charge in [-0.2, -0.15) is 0 Å². The predicted molar refractivity (Wildman–Crippen MR) is 95.0 cm³/mol. The van der Waals surface area contributed by atoms with Crippen LogP contribution in [-0.2, 0) is 11.3 Å². The molecule has 8 heteroatoms. The van der Waals surface area contributed by atoms with Gasteiger partial charge in [0.25, 0.3) is 0 Å². The fraction of sp³-hybridized carbons (Fsp3) is 0.733. The Morgan fingerprint density at radius 1 is 1.30 bits per heavy atom. The zero-order valence-corrected chi connectivity index (χ0v) is 15.9. The van der Waals surface area contributed by atoms with Crippen molar-refractivity contribution in [1.29, 1.82) is 0 Å². The highest BCUT2D eigenvalue weighted by molar-refractivity contribution is 5.85. The number of rotatable bonds is 3. The Bertz CT molecular complexity index is 494. The molecule has 1 aliphatic heterocycles. The molecule has 2 rings (SSSR count). The van der Waals surface area contributed by atoms with Gasteiger partial charge in [-0.25, -0.2) is 0 Å². The molecule has 134 valence electrons. The van der Waals surface area contributed by atoms with Crippen LogP contribution < -0.4 is 5.73 Å². The number of halogens is 2. The number of piperazine rings is 1. The third-order valence-corrected chi connectivity index (χ3v) is 3.95. The number of hydrogen-bond acceptors (Lipinski definition) is 5. The highest BCUT2D eigenvalue weighted by atomic mass is 35.5. The van der Waals surface area contributed by atoms with E-state index < -0.39 is 6.04 Å². The number of carbonyl (C=O) groups is 1. The minimum atomic E-state index is -0.442. The van der Waals surface area contributed by atoms with Crippen LogP contribution in [0.25, 0.3) is 0 Å². The topological polar surface area (TPSA) is 75.6 Å². The van der Waals surface area contributed by atoms with Crippen molar-refractivity contribution in [3.63, 3.8) is 0 Å². The summed E-state index contributed by atoms with van der Waals surface area (Å²) in [5.41, 5.74) is 6.80. The summed E-state index contributed by atoms with van der Waals surface area (Å²) < 4.78 is 5.08. The predicted octanol–water partition coefficient (Wildman–Crippen LogP) is 1.84. The second-order valence-corrected chi connectivity index (χ2v) is 6.87. The molecule has 1 amide bonds. The molecule has 23 heavy (non-hydrogen) atoms. The second kappa shape index (κ2) is 8.87. The Morgan fingerprint density at radius 3 is 2.30 bits per heavy atom. The van der Waals surface area contributed by atoms with E-state index >= 15 is 0 Å². The first-order valence-corrected chi connectivity index (χ1v) is 7.46. The zero-order valence-electron chi connectivity index (χ0n) is 14.2. The maximum absolute atomic E-state index is 12.4. The second-order valence-electron chi connectivity index (χ2n) is 6.87. The molecule has 0 saturated carbocycles. The van der Waals surface area contributed by atoms with Crippen LogP contribution in [0.5, 0.6) is 0 Å². The minimum absolute atomic E-state index is 0. The number of aromatic nitrogens is 1. The lowest BCUT2D eigenvalue weighted by Gasteiger charge is -2.37. The molecule has 1 aliphatic rings. The molecule has 1 saturated heterocycles. The molecule has 2 heterocycles. The van der Waals surface area contributed by atoms with Crippen LogP contribution in [0.15, 0.2) is 10.6 Å². The van der Waals surface area contributed by atoms with Gasteiger partial charge in [-0.05, 0) is 12.3 Å². The Labute approximate surface area is 150 Å². The van der Waals surface area contributed by atoms with Gasteiger partial charge in [0.15, 0.2) is 0 Å². The molecule has 0 radical (unpaired) electrons. The van der Waals surface area contributed by atoms with Gasteiger partial charge in [-0.1, -0.05) is 25.9 Å². The molecule has 1 aromatic heterocycles. The number of nitrogens with zero attached hydrogens (tertiary/aromatic N) is 3. The smallest absolute Gasteiger partial charge is 0.240 e. The normalized spacial score (nSPS) is 17.2. The van der Waals surface area contributed by atoms with Crippen molar-refractivity contribution in [3.8, 4) is 0 Å². The van der Waals surface area contributed by atoms with E-state index in [1.165, 1.54) is 0 Å². The van der Waals surface area contributed by atoms with Crippen LogP contribution in [0.2, 0.25) is 0 Å². The summed E-state index contributed by atoms with van der Waals surface area (Å²) in [6.07, 6.45) is 0. The van der Waals surface area contributed by atoms with Crippen LogP contribution >= 0.6 is 24.8 Å². The summed E-state index contributed by atoms with van der Waals surface area (Å²) in [6, 6.07) is 1.51. The lowest BCUT2D eigenvalue weighted by molar-refractivity contribution is -0.136. The number of amides is 1. The average Bonchev–Trinajstić information content (AvgIpc) is 2.82. The first-order valence-electron chi connectivity index (χ1n) is 7.46. The van der Waals surface area contributed by atoms with E-state index in [1.807, 2.05) is 38.7 Å². The summed E-state index contributed by atoms with van der Waals surface area (Å²) in [5.74, 6) is 0.884. The molecule has 1 aromatic rings. The van der Waals surface area contributed by atoms with Gasteiger partial charge in [0.05, 0.1) is 11.7 Å². The fourth-order valence-electron chi connectivity index (χ4n) is 2.42. The van der Waals surface area contributed by atoms with Crippen LogP contribution in [0.3, 0.4) is 0 Å². The maximum atomic E-state index is 12.4. The molecule has 0 unspecified atom stereocenters. The minimum Gasteiger partial charge on any atom is -0.361 e. The molecule has 0 bridgehead atoms. The fourth-order valence-corrected chi connectivity index (χ4v) is 2.42. The average molecular weight is 367 g/mol. The highest BCUT2D eigenvalue weighted by Gasteiger charge is 2.32. The van der Waals surface area contributed by atoms with Crippen molar-refractivity contribution in [2.24, 2.45) is 11.1 Å². The number of aryl methyl sites for hydroxylation is 1. The van der Waals surface area contributed by atoms with E-state index in [-0.39, 0.29) is 36.1 Å². The third kappa shape index (κ3) is 5.95. The number of nitrogens with two attached hydrogens (primary N) is 1. The van der Waals surface area contributed by atoms with Crippen LogP contribution in [0, 0.1) is 12.3 Å². The van der Waals surface area contributed by atoms with Gasteiger partial charge in [0.1, 0.15) is 5.76 Å². The first kappa shape index (κ1) is 22.2. The lowest BCUT2D eigenvalue weighted by atomic mass is 9.86. The van der Waals surface area contributed by atoms with Gasteiger partial charge in [0, 0.05) is 38.8 Å². The molecule has 0 spiro atoms. The number of hydrogen-bond donors (Lipinski definition) is 1. The Balaban J connectivity index is 0.00000242. The summed E-state index contributed by atoms with van der Waals surface area (Å²) in [7, 11) is 0. The van der Waals surface area contributed by atoms with E-state index in [9.17, 15) is 4.79 Å². The van der Waals surface area contributed by atoms with E-state index in [4.69, 9.17) is 10.3 Å². The van der Waals surface area contributed by atoms with Crippen molar-refractivity contribution in [1.82, 2.24) is 15.0 Å². The molecule has 1 fully saturated rings. The molecule has 6 nitrogen and oxygen atoms in total. The largest absolute Gasteiger partial charge is 0.361 e. The van der Waals surface area contributed by atoms with Crippen LogP contribution in [0.4, 0.5) is 0 Å². The van der Waals surface area contributed by atoms with Crippen molar-refractivity contribution in [2.75, 3.05) is 26.2 Å². The van der Waals surface area contributed by atoms with Crippen LogP contribution in [-0.4, -0.2) is 53.1 Å². The van der Waals surface area contributed by atoms with Crippen molar-refractivity contribution < 1.29 is 9.32 Å². The standard InChI is InChI=1S/C15H26N4O2.2ClH/c1-11-9-12(17-21-11)10-18-5-7-19(8-6-18)14(20)13(16)15(2,3)4;;/h9,13H,5-8,10,16H2,1-4H3;2*1H/t13-;;/m1../s1. The molecular formula is C15H28Cl2N4O2. The molecular weight excluding hydrogens is 339 g/mol. The SMILES string of the molecule is Cc1cc(CN2CCN(C(=O)[C@@H](N)C(C)(C)C)CC2)no1.Cl.Cl. The Morgan fingerprint density at radius 2 is 1.87 bits per heavy atom. The summed E-state index contributed by atoms with van der Waals surface area (Å²) in [4.78, 5) is 16.5. The third-order valence-electron chi connectivity index (χ3n) is 3.95. The highest BCUT2D eigenvalue weighted by Crippen LogP contribution is 2.20. The summed E-state index contributed by atoms with van der Waals surface area (Å²) in [5, 5.41) is 4.01. The van der Waals surface area contributed by atoms with Crippen molar-refractivity contribution in [3.05, 3.63) is 17.5 Å². The quantitative estimate of drug-likeness (QED) is 0.882. The zero-order chi connectivity index (χ0) is 15.6.